The third kappa shape index (κ3) is 1.61. The summed E-state index contributed by atoms with van der Waals surface area (Å²) in [4.78, 5) is 8.30. The Morgan fingerprint density at radius 1 is 1.38 bits per heavy atom. The van der Waals surface area contributed by atoms with Crippen LogP contribution in [0.1, 0.15) is 11.4 Å². The van der Waals surface area contributed by atoms with Gasteiger partial charge in [0.2, 0.25) is 0 Å². The molecule has 0 saturated carbocycles. The average Bonchev–Trinajstić information content (AvgIpc) is 2.64. The minimum atomic E-state index is 0.798. The van der Waals surface area contributed by atoms with Gasteiger partial charge in [-0.25, -0.2) is 9.97 Å². The van der Waals surface area contributed by atoms with E-state index in [4.69, 9.17) is 0 Å². The molecule has 2 aromatic heterocycles. The van der Waals surface area contributed by atoms with Crippen LogP contribution in [0.15, 0.2) is 25.0 Å². The summed E-state index contributed by atoms with van der Waals surface area (Å²) >= 11 is 0. The molecule has 0 aromatic carbocycles. The first-order valence-corrected chi connectivity index (χ1v) is 4.19. The normalized spacial score (nSPS) is 10.6. The maximum atomic E-state index is 4.25. The van der Waals surface area contributed by atoms with Gasteiger partial charge in [0.05, 0.1) is 24.9 Å². The van der Waals surface area contributed by atoms with Crippen LogP contribution < -0.4 is 0 Å². The van der Waals surface area contributed by atoms with Gasteiger partial charge in [-0.15, -0.1) is 0 Å². The molecule has 13 heavy (non-hydrogen) atoms. The molecule has 4 heteroatoms. The summed E-state index contributed by atoms with van der Waals surface area (Å²) in [5.41, 5.74) is 2.22. The van der Waals surface area contributed by atoms with Crippen LogP contribution in [0.5, 0.6) is 0 Å². The Balaban J connectivity index is 2.19. The predicted octanol–water partition coefficient (Wildman–Crippen LogP) is 0.973. The molecule has 0 radical (unpaired) electrons. The summed E-state index contributed by atoms with van der Waals surface area (Å²) in [6, 6.07) is 0. The molecule has 0 aliphatic carbocycles. The molecule has 4 nitrogen and oxygen atoms in total. The number of aromatic nitrogens is 4. The summed E-state index contributed by atoms with van der Waals surface area (Å²) < 4.78 is 4.02. The minimum absolute atomic E-state index is 0.798. The highest BCUT2D eigenvalue weighted by molar-refractivity contribution is 5.02. The molecule has 2 heterocycles. The molecular formula is C9H12N4. The summed E-state index contributed by atoms with van der Waals surface area (Å²) in [5.74, 6) is 0. The zero-order valence-electron chi connectivity index (χ0n) is 7.81. The van der Waals surface area contributed by atoms with Crippen LogP contribution in [0.3, 0.4) is 0 Å². The number of imidazole rings is 2. The fraction of sp³-hybridized carbons (Fsp3) is 0.333. The van der Waals surface area contributed by atoms with Gasteiger partial charge in [-0.05, 0) is 6.92 Å². The van der Waals surface area contributed by atoms with Gasteiger partial charge >= 0.3 is 0 Å². The highest BCUT2D eigenvalue weighted by atomic mass is 15.1. The van der Waals surface area contributed by atoms with Crippen LogP contribution >= 0.6 is 0 Å². The van der Waals surface area contributed by atoms with Crippen molar-refractivity contribution in [3.8, 4) is 0 Å². The second-order valence-corrected chi connectivity index (χ2v) is 3.19. The maximum Gasteiger partial charge on any atom is 0.0951 e. The predicted molar refractivity (Wildman–Crippen MR) is 49.3 cm³/mol. The Hall–Kier alpha value is -1.58. The molecule has 0 atom stereocenters. The van der Waals surface area contributed by atoms with Crippen molar-refractivity contribution in [3.63, 3.8) is 0 Å². The van der Waals surface area contributed by atoms with Crippen molar-refractivity contribution in [2.75, 3.05) is 0 Å². The molecule has 0 bridgehead atoms. The number of hydrogen-bond donors (Lipinski definition) is 0. The zero-order valence-corrected chi connectivity index (χ0v) is 7.81. The smallest absolute Gasteiger partial charge is 0.0951 e. The Morgan fingerprint density at radius 2 is 2.23 bits per heavy atom. The lowest BCUT2D eigenvalue weighted by atomic mass is 10.4. The van der Waals surface area contributed by atoms with Crippen molar-refractivity contribution in [2.45, 2.75) is 13.5 Å². The van der Waals surface area contributed by atoms with Gasteiger partial charge in [-0.1, -0.05) is 0 Å². The lowest BCUT2D eigenvalue weighted by Crippen LogP contribution is -2.00. The summed E-state index contributed by atoms with van der Waals surface area (Å²) in [5, 5.41) is 0. The quantitative estimate of drug-likeness (QED) is 0.683. The van der Waals surface area contributed by atoms with E-state index in [0.717, 1.165) is 17.9 Å². The number of nitrogens with zero attached hydrogens (tertiary/aromatic N) is 4. The van der Waals surface area contributed by atoms with Gasteiger partial charge in [0, 0.05) is 25.1 Å². The third-order valence-corrected chi connectivity index (χ3v) is 2.01. The molecular weight excluding hydrogens is 164 g/mol. The molecule has 2 rings (SSSR count). The average molecular weight is 176 g/mol. The monoisotopic (exact) mass is 176 g/mol. The first-order chi connectivity index (χ1) is 6.25. The lowest BCUT2D eigenvalue weighted by molar-refractivity contribution is 0.752. The fourth-order valence-corrected chi connectivity index (χ4v) is 1.28. The van der Waals surface area contributed by atoms with Gasteiger partial charge in [0.15, 0.2) is 0 Å². The van der Waals surface area contributed by atoms with E-state index in [1.165, 1.54) is 0 Å². The lowest BCUT2D eigenvalue weighted by Gasteiger charge is -2.00. The topological polar surface area (TPSA) is 35.6 Å². The standard InChI is InChI=1S/C9H12N4/c1-8-3-10-6-13(8)5-9-4-12(2)7-11-9/h3-4,6-7H,5H2,1-2H3. The van der Waals surface area contributed by atoms with E-state index in [1.807, 2.05) is 43.6 Å². The van der Waals surface area contributed by atoms with E-state index in [9.17, 15) is 0 Å². The first kappa shape index (κ1) is 8.04. The molecule has 0 saturated heterocycles. The second kappa shape index (κ2) is 3.05. The maximum absolute atomic E-state index is 4.25. The molecule has 68 valence electrons. The Labute approximate surface area is 76.9 Å². The summed E-state index contributed by atoms with van der Waals surface area (Å²) in [6.45, 7) is 2.84. The summed E-state index contributed by atoms with van der Waals surface area (Å²) in [7, 11) is 1.97. The minimum Gasteiger partial charge on any atom is -0.340 e. The van der Waals surface area contributed by atoms with E-state index in [2.05, 4.69) is 14.5 Å². The van der Waals surface area contributed by atoms with Crippen LogP contribution in [0.2, 0.25) is 0 Å². The van der Waals surface area contributed by atoms with Crippen LogP contribution in [0, 0.1) is 6.92 Å². The summed E-state index contributed by atoms with van der Waals surface area (Å²) in [6.07, 6.45) is 7.49. The Bertz CT molecular complexity index is 399. The highest BCUT2D eigenvalue weighted by Crippen LogP contribution is 2.02. The van der Waals surface area contributed by atoms with Gasteiger partial charge in [0.25, 0.3) is 0 Å². The van der Waals surface area contributed by atoms with Crippen molar-refractivity contribution >= 4 is 0 Å². The molecule has 0 aliphatic rings. The van der Waals surface area contributed by atoms with Crippen LogP contribution in [0.4, 0.5) is 0 Å². The highest BCUT2D eigenvalue weighted by Gasteiger charge is 2.00. The zero-order chi connectivity index (χ0) is 9.26. The van der Waals surface area contributed by atoms with Crippen LogP contribution in [0.25, 0.3) is 0 Å². The van der Waals surface area contributed by atoms with Gasteiger partial charge in [-0.2, -0.15) is 0 Å². The SMILES string of the molecule is Cc1cncn1Cc1cn(C)cn1. The Kier molecular flexibility index (Phi) is 1.88. The van der Waals surface area contributed by atoms with Crippen LogP contribution in [-0.2, 0) is 13.6 Å². The van der Waals surface area contributed by atoms with E-state index < -0.39 is 0 Å². The molecule has 2 aromatic rings. The van der Waals surface area contributed by atoms with Crippen molar-refractivity contribution in [1.29, 1.82) is 0 Å². The van der Waals surface area contributed by atoms with Crippen molar-refractivity contribution in [2.24, 2.45) is 7.05 Å². The number of hydrogen-bond acceptors (Lipinski definition) is 2. The number of aryl methyl sites for hydroxylation is 2. The molecule has 0 amide bonds. The first-order valence-electron chi connectivity index (χ1n) is 4.19. The molecule has 0 unspecified atom stereocenters. The van der Waals surface area contributed by atoms with Gasteiger partial charge in [0.1, 0.15) is 0 Å². The molecule has 0 fully saturated rings. The van der Waals surface area contributed by atoms with Gasteiger partial charge in [-0.3, -0.25) is 0 Å². The fourth-order valence-electron chi connectivity index (χ4n) is 1.28. The van der Waals surface area contributed by atoms with Crippen molar-refractivity contribution in [1.82, 2.24) is 19.1 Å². The van der Waals surface area contributed by atoms with E-state index in [1.54, 1.807) is 0 Å². The van der Waals surface area contributed by atoms with E-state index in [0.29, 0.717) is 0 Å². The third-order valence-electron chi connectivity index (χ3n) is 2.01. The van der Waals surface area contributed by atoms with Crippen molar-refractivity contribution < 1.29 is 0 Å². The van der Waals surface area contributed by atoms with Gasteiger partial charge < -0.3 is 9.13 Å². The molecule has 0 N–H and O–H groups in total. The molecule has 0 aliphatic heterocycles. The largest absolute Gasteiger partial charge is 0.340 e. The van der Waals surface area contributed by atoms with Crippen molar-refractivity contribution in [3.05, 3.63) is 36.4 Å². The number of rotatable bonds is 2. The van der Waals surface area contributed by atoms with Crippen LogP contribution in [-0.4, -0.2) is 19.1 Å². The van der Waals surface area contributed by atoms with E-state index in [-0.39, 0.29) is 0 Å². The molecule has 0 spiro atoms. The second-order valence-electron chi connectivity index (χ2n) is 3.19. The Morgan fingerprint density at radius 3 is 2.77 bits per heavy atom. The van der Waals surface area contributed by atoms with E-state index >= 15 is 0 Å².